The van der Waals surface area contributed by atoms with E-state index in [-0.39, 0.29) is 6.03 Å². The van der Waals surface area contributed by atoms with E-state index in [2.05, 4.69) is 20.9 Å². The first kappa shape index (κ1) is 18.8. The van der Waals surface area contributed by atoms with Gasteiger partial charge in [0.25, 0.3) is 0 Å². The highest BCUT2D eigenvalue weighted by Crippen LogP contribution is 2.27. The van der Waals surface area contributed by atoms with Crippen LogP contribution in [0.4, 0.5) is 9.93 Å². The minimum Gasteiger partial charge on any atom is -0.493 e. The van der Waals surface area contributed by atoms with Gasteiger partial charge in [0.05, 0.1) is 24.4 Å². The first-order valence-corrected chi connectivity index (χ1v) is 9.33. The molecule has 2 amide bonds. The molecule has 0 aliphatic rings. The predicted molar refractivity (Wildman–Crippen MR) is 108 cm³/mol. The molecule has 0 saturated heterocycles. The molecular formula is C19H22N4O3S. The normalized spacial score (nSPS) is 10.4. The molecule has 0 bridgehead atoms. The van der Waals surface area contributed by atoms with E-state index >= 15 is 0 Å². The molecule has 0 fully saturated rings. The number of para-hydroxylation sites is 1. The number of amides is 2. The number of aromatic nitrogens is 1. The van der Waals surface area contributed by atoms with Crippen molar-refractivity contribution < 1.29 is 14.3 Å². The highest BCUT2D eigenvalue weighted by Gasteiger charge is 2.06. The van der Waals surface area contributed by atoms with Crippen LogP contribution in [0.3, 0.4) is 0 Å². The first-order valence-electron chi connectivity index (χ1n) is 8.51. The summed E-state index contributed by atoms with van der Waals surface area (Å²) < 4.78 is 11.6. The Morgan fingerprint density at radius 2 is 1.85 bits per heavy atom. The lowest BCUT2D eigenvalue weighted by atomic mass is 10.2. The highest BCUT2D eigenvalue weighted by atomic mass is 32.1. The molecule has 3 rings (SSSR count). The number of urea groups is 1. The summed E-state index contributed by atoms with van der Waals surface area (Å²) in [7, 11) is 3.17. The first-order chi connectivity index (χ1) is 13.2. The number of fused-ring (bicyclic) bond motifs is 1. The van der Waals surface area contributed by atoms with Crippen molar-refractivity contribution >= 4 is 32.7 Å². The topological polar surface area (TPSA) is 84.5 Å². The van der Waals surface area contributed by atoms with Gasteiger partial charge in [0.2, 0.25) is 0 Å². The number of rotatable bonds is 8. The largest absolute Gasteiger partial charge is 0.493 e. The molecule has 1 heterocycles. The van der Waals surface area contributed by atoms with E-state index in [4.69, 9.17) is 9.47 Å². The zero-order valence-corrected chi connectivity index (χ0v) is 16.1. The third kappa shape index (κ3) is 5.01. The smallest absolute Gasteiger partial charge is 0.315 e. The average molecular weight is 386 g/mol. The van der Waals surface area contributed by atoms with E-state index in [1.165, 1.54) is 0 Å². The van der Waals surface area contributed by atoms with Crippen molar-refractivity contribution in [2.24, 2.45) is 0 Å². The van der Waals surface area contributed by atoms with Crippen molar-refractivity contribution in [2.75, 3.05) is 32.6 Å². The molecule has 142 valence electrons. The van der Waals surface area contributed by atoms with Crippen molar-refractivity contribution in [3.05, 3.63) is 48.0 Å². The average Bonchev–Trinajstić information content (AvgIpc) is 3.12. The van der Waals surface area contributed by atoms with Crippen LogP contribution in [0.15, 0.2) is 42.5 Å². The summed E-state index contributed by atoms with van der Waals surface area (Å²) in [5.74, 6) is 1.30. The Morgan fingerprint density at radius 3 is 2.63 bits per heavy atom. The molecule has 0 atom stereocenters. The van der Waals surface area contributed by atoms with E-state index in [0.29, 0.717) is 31.1 Å². The minimum absolute atomic E-state index is 0.226. The number of carbonyl (C=O) groups is 1. The van der Waals surface area contributed by atoms with Crippen LogP contribution < -0.4 is 25.4 Å². The monoisotopic (exact) mass is 386 g/mol. The fraction of sp³-hybridized carbons (Fsp3) is 0.263. The van der Waals surface area contributed by atoms with Gasteiger partial charge in [0.15, 0.2) is 16.6 Å². The summed E-state index contributed by atoms with van der Waals surface area (Å²) in [6.07, 6.45) is 0. The van der Waals surface area contributed by atoms with Crippen molar-refractivity contribution in [1.29, 1.82) is 0 Å². The summed E-state index contributed by atoms with van der Waals surface area (Å²) in [6, 6.07) is 13.3. The lowest BCUT2D eigenvalue weighted by Crippen LogP contribution is -2.37. The Balaban J connectivity index is 1.39. The molecule has 0 radical (unpaired) electrons. The number of methoxy groups -OCH3 is 2. The Morgan fingerprint density at radius 1 is 1.04 bits per heavy atom. The van der Waals surface area contributed by atoms with Gasteiger partial charge in [-0.05, 0) is 29.8 Å². The number of anilines is 1. The Hall–Kier alpha value is -3.00. The van der Waals surface area contributed by atoms with Gasteiger partial charge in [0.1, 0.15) is 0 Å². The van der Waals surface area contributed by atoms with Gasteiger partial charge in [-0.25, -0.2) is 9.78 Å². The van der Waals surface area contributed by atoms with E-state index in [0.717, 1.165) is 20.9 Å². The second-order valence-electron chi connectivity index (χ2n) is 5.71. The van der Waals surface area contributed by atoms with Gasteiger partial charge in [-0.15, -0.1) is 0 Å². The highest BCUT2D eigenvalue weighted by molar-refractivity contribution is 7.22. The lowest BCUT2D eigenvalue weighted by molar-refractivity contribution is 0.241. The Bertz CT molecular complexity index is 880. The molecule has 3 N–H and O–H groups in total. The van der Waals surface area contributed by atoms with Crippen LogP contribution in [0.25, 0.3) is 10.2 Å². The molecule has 27 heavy (non-hydrogen) atoms. The molecule has 8 heteroatoms. The zero-order chi connectivity index (χ0) is 19.1. The Kier molecular flexibility index (Phi) is 6.32. The molecule has 0 unspecified atom stereocenters. The van der Waals surface area contributed by atoms with E-state index < -0.39 is 0 Å². The summed E-state index contributed by atoms with van der Waals surface area (Å²) >= 11 is 1.60. The van der Waals surface area contributed by atoms with Crippen LogP contribution in [0.5, 0.6) is 11.5 Å². The van der Waals surface area contributed by atoms with Crippen LogP contribution in [0.2, 0.25) is 0 Å². The quantitative estimate of drug-likeness (QED) is 0.518. The summed E-state index contributed by atoms with van der Waals surface area (Å²) in [5, 5.41) is 9.71. The molecule has 0 spiro atoms. The fourth-order valence-electron chi connectivity index (χ4n) is 2.53. The minimum atomic E-state index is -0.226. The maximum atomic E-state index is 11.9. The van der Waals surface area contributed by atoms with E-state index in [9.17, 15) is 4.79 Å². The molecule has 0 saturated carbocycles. The molecule has 7 nitrogen and oxygen atoms in total. The van der Waals surface area contributed by atoms with Crippen LogP contribution in [-0.4, -0.2) is 38.3 Å². The van der Waals surface area contributed by atoms with Crippen molar-refractivity contribution in [1.82, 2.24) is 15.6 Å². The standard InChI is InChI=1S/C19H22N4O3S/c1-25-15-8-7-13(11-16(15)26-2)12-22-18(24)20-9-10-21-19-23-14-5-3-4-6-17(14)27-19/h3-8,11H,9-10,12H2,1-2H3,(H,21,23)(H2,20,22,24). The molecular weight excluding hydrogens is 364 g/mol. The maximum Gasteiger partial charge on any atom is 0.315 e. The van der Waals surface area contributed by atoms with Crippen LogP contribution in [0.1, 0.15) is 5.56 Å². The summed E-state index contributed by atoms with van der Waals surface area (Å²) in [6.45, 7) is 1.49. The zero-order valence-electron chi connectivity index (χ0n) is 15.2. The van der Waals surface area contributed by atoms with Gasteiger partial charge >= 0.3 is 6.03 Å². The van der Waals surface area contributed by atoms with E-state index in [1.54, 1.807) is 25.6 Å². The number of carbonyl (C=O) groups excluding carboxylic acids is 1. The Labute approximate surface area is 161 Å². The molecule has 3 aromatic rings. The maximum absolute atomic E-state index is 11.9. The molecule has 1 aromatic heterocycles. The molecule has 0 aliphatic heterocycles. The van der Waals surface area contributed by atoms with Crippen LogP contribution in [0, 0.1) is 0 Å². The van der Waals surface area contributed by atoms with Gasteiger partial charge in [0, 0.05) is 19.6 Å². The number of nitrogens with one attached hydrogen (secondary N) is 3. The number of hydrogen-bond acceptors (Lipinski definition) is 6. The fourth-order valence-corrected chi connectivity index (χ4v) is 3.42. The van der Waals surface area contributed by atoms with Crippen LogP contribution >= 0.6 is 11.3 Å². The van der Waals surface area contributed by atoms with Crippen LogP contribution in [-0.2, 0) is 6.54 Å². The van der Waals surface area contributed by atoms with Crippen molar-refractivity contribution in [3.8, 4) is 11.5 Å². The van der Waals surface area contributed by atoms with E-state index in [1.807, 2.05) is 42.5 Å². The lowest BCUT2D eigenvalue weighted by Gasteiger charge is -2.11. The number of thiazole rings is 1. The van der Waals surface area contributed by atoms with Gasteiger partial charge in [-0.3, -0.25) is 0 Å². The predicted octanol–water partition coefficient (Wildman–Crippen LogP) is 3.22. The third-order valence-electron chi connectivity index (χ3n) is 3.88. The van der Waals surface area contributed by atoms with Crippen molar-refractivity contribution in [3.63, 3.8) is 0 Å². The summed E-state index contributed by atoms with van der Waals surface area (Å²) in [4.78, 5) is 16.4. The number of nitrogens with zero attached hydrogens (tertiary/aromatic N) is 1. The number of ether oxygens (including phenoxy) is 2. The van der Waals surface area contributed by atoms with Crippen molar-refractivity contribution in [2.45, 2.75) is 6.54 Å². The second-order valence-corrected chi connectivity index (χ2v) is 6.74. The van der Waals surface area contributed by atoms with Gasteiger partial charge in [-0.2, -0.15) is 0 Å². The van der Waals surface area contributed by atoms with Gasteiger partial charge in [-0.1, -0.05) is 29.5 Å². The molecule has 0 aliphatic carbocycles. The number of hydrogen-bond donors (Lipinski definition) is 3. The second kappa shape index (κ2) is 9.09. The number of benzene rings is 2. The SMILES string of the molecule is COc1ccc(CNC(=O)NCCNc2nc3ccccc3s2)cc1OC. The molecule has 2 aromatic carbocycles. The third-order valence-corrected chi connectivity index (χ3v) is 4.88. The summed E-state index contributed by atoms with van der Waals surface area (Å²) in [5.41, 5.74) is 1.90. The van der Waals surface area contributed by atoms with Gasteiger partial charge < -0.3 is 25.4 Å².